The lowest BCUT2D eigenvalue weighted by Gasteiger charge is -2.21. The van der Waals surface area contributed by atoms with Crippen LogP contribution in [0.15, 0.2) is 59.2 Å². The maximum absolute atomic E-state index is 13.5. The predicted octanol–water partition coefficient (Wildman–Crippen LogP) is 3.20. The fourth-order valence-corrected chi connectivity index (χ4v) is 4.43. The molecule has 2 aliphatic rings. The largest absolute Gasteiger partial charge is 0.463 e. The summed E-state index contributed by atoms with van der Waals surface area (Å²) in [6.07, 6.45) is 3.75. The molecular formula is C22H24N4O2. The number of nitrogens with one attached hydrogen (secondary N) is 1. The van der Waals surface area contributed by atoms with Gasteiger partial charge in [-0.1, -0.05) is 18.2 Å². The zero-order valence-electron chi connectivity index (χ0n) is 15.8. The molecule has 6 nitrogen and oxygen atoms in total. The molecule has 2 atom stereocenters. The number of hydrogen-bond donors (Lipinski definition) is 1. The summed E-state index contributed by atoms with van der Waals surface area (Å²) in [6, 6.07) is 15.4. The van der Waals surface area contributed by atoms with Crippen LogP contribution in [0.25, 0.3) is 17.1 Å². The molecule has 28 heavy (non-hydrogen) atoms. The Labute approximate surface area is 164 Å². The van der Waals surface area contributed by atoms with Crippen LogP contribution in [0.3, 0.4) is 0 Å². The zero-order chi connectivity index (χ0) is 18.9. The second-order valence-electron chi connectivity index (χ2n) is 7.69. The third-order valence-electron chi connectivity index (χ3n) is 6.01. The number of nitrogens with zero attached hydrogens (tertiary/aromatic N) is 3. The first-order valence-corrected chi connectivity index (χ1v) is 9.99. The molecule has 2 saturated heterocycles. The first kappa shape index (κ1) is 17.3. The van der Waals surface area contributed by atoms with E-state index in [0.717, 1.165) is 44.7 Å². The fourth-order valence-electron chi connectivity index (χ4n) is 4.43. The Morgan fingerprint density at radius 1 is 1.04 bits per heavy atom. The average Bonchev–Trinajstić information content (AvgIpc) is 3.47. The number of amides is 1. The summed E-state index contributed by atoms with van der Waals surface area (Å²) in [7, 11) is 0. The molecule has 2 aromatic heterocycles. The number of rotatable bonds is 3. The van der Waals surface area contributed by atoms with E-state index in [0.29, 0.717) is 29.0 Å². The van der Waals surface area contributed by atoms with Crippen molar-refractivity contribution in [3.63, 3.8) is 0 Å². The van der Waals surface area contributed by atoms with Crippen molar-refractivity contribution < 1.29 is 9.21 Å². The second-order valence-corrected chi connectivity index (χ2v) is 7.69. The summed E-state index contributed by atoms with van der Waals surface area (Å²) >= 11 is 0. The van der Waals surface area contributed by atoms with E-state index >= 15 is 0 Å². The van der Waals surface area contributed by atoms with Gasteiger partial charge in [0.15, 0.2) is 5.76 Å². The molecule has 2 aliphatic heterocycles. The zero-order valence-corrected chi connectivity index (χ0v) is 15.8. The van der Waals surface area contributed by atoms with Crippen LogP contribution in [0.5, 0.6) is 0 Å². The van der Waals surface area contributed by atoms with Crippen molar-refractivity contribution in [2.24, 2.45) is 11.8 Å². The molecule has 144 valence electrons. The van der Waals surface area contributed by atoms with Crippen molar-refractivity contribution in [2.75, 3.05) is 26.2 Å². The highest BCUT2D eigenvalue weighted by Gasteiger charge is 2.32. The van der Waals surface area contributed by atoms with Gasteiger partial charge in [0, 0.05) is 19.2 Å². The van der Waals surface area contributed by atoms with E-state index in [2.05, 4.69) is 10.4 Å². The van der Waals surface area contributed by atoms with Crippen LogP contribution in [-0.4, -0.2) is 46.8 Å². The van der Waals surface area contributed by atoms with Gasteiger partial charge >= 0.3 is 0 Å². The van der Waals surface area contributed by atoms with Gasteiger partial charge in [-0.15, -0.1) is 0 Å². The molecule has 0 aliphatic carbocycles. The van der Waals surface area contributed by atoms with E-state index < -0.39 is 0 Å². The summed E-state index contributed by atoms with van der Waals surface area (Å²) < 4.78 is 7.26. The van der Waals surface area contributed by atoms with Gasteiger partial charge in [0.2, 0.25) is 0 Å². The molecule has 0 unspecified atom stereocenters. The Morgan fingerprint density at radius 2 is 1.79 bits per heavy atom. The van der Waals surface area contributed by atoms with Crippen molar-refractivity contribution in [1.82, 2.24) is 20.0 Å². The maximum atomic E-state index is 13.5. The smallest absolute Gasteiger partial charge is 0.272 e. The molecule has 6 heteroatoms. The van der Waals surface area contributed by atoms with E-state index in [9.17, 15) is 4.79 Å². The van der Waals surface area contributed by atoms with E-state index in [1.807, 2.05) is 53.4 Å². The van der Waals surface area contributed by atoms with E-state index in [-0.39, 0.29) is 5.91 Å². The number of aromatic nitrogens is 2. The predicted molar refractivity (Wildman–Crippen MR) is 106 cm³/mol. The van der Waals surface area contributed by atoms with Crippen LogP contribution in [-0.2, 0) is 0 Å². The Hall–Kier alpha value is -2.86. The summed E-state index contributed by atoms with van der Waals surface area (Å²) in [5.41, 5.74) is 2.13. The quantitative estimate of drug-likeness (QED) is 0.762. The van der Waals surface area contributed by atoms with Crippen LogP contribution >= 0.6 is 0 Å². The van der Waals surface area contributed by atoms with Crippen LogP contribution in [0, 0.1) is 11.8 Å². The first-order chi connectivity index (χ1) is 13.8. The number of likely N-dealkylation sites (tertiary alicyclic amines) is 1. The van der Waals surface area contributed by atoms with Crippen molar-refractivity contribution in [3.05, 3.63) is 60.5 Å². The molecule has 3 aromatic rings. The highest BCUT2D eigenvalue weighted by molar-refractivity contribution is 5.94. The standard InChI is InChI=1S/C22H24N4O2/c27-22(25-10-8-16-14-23-15-17(16)9-11-25)20-13-19(21-7-4-12-28-21)24-26(20)18-5-2-1-3-6-18/h1-7,12-13,16-17,23H,8-11,14-15H2/t16-,17+. The molecule has 4 heterocycles. The monoisotopic (exact) mass is 376 g/mol. The number of hydrogen-bond acceptors (Lipinski definition) is 4. The fraction of sp³-hybridized carbons (Fsp3) is 0.364. The highest BCUT2D eigenvalue weighted by Crippen LogP contribution is 2.29. The summed E-state index contributed by atoms with van der Waals surface area (Å²) in [5, 5.41) is 8.17. The molecule has 1 aromatic carbocycles. The normalized spacial score (nSPS) is 22.1. The van der Waals surface area contributed by atoms with Crippen molar-refractivity contribution in [2.45, 2.75) is 12.8 Å². The Kier molecular flexibility index (Phi) is 4.49. The Morgan fingerprint density at radius 3 is 2.46 bits per heavy atom. The molecule has 0 radical (unpaired) electrons. The summed E-state index contributed by atoms with van der Waals surface area (Å²) in [4.78, 5) is 15.5. The lowest BCUT2D eigenvalue weighted by atomic mass is 9.92. The highest BCUT2D eigenvalue weighted by atomic mass is 16.3. The number of carbonyl (C=O) groups is 1. The number of furan rings is 1. The Bertz CT molecular complexity index is 934. The van der Waals surface area contributed by atoms with Gasteiger partial charge < -0.3 is 14.6 Å². The minimum Gasteiger partial charge on any atom is -0.463 e. The van der Waals surface area contributed by atoms with E-state index in [1.54, 1.807) is 10.9 Å². The van der Waals surface area contributed by atoms with Crippen molar-refractivity contribution >= 4 is 5.91 Å². The van der Waals surface area contributed by atoms with Gasteiger partial charge in [0.25, 0.3) is 5.91 Å². The van der Waals surface area contributed by atoms with Gasteiger partial charge in [-0.25, -0.2) is 4.68 Å². The molecule has 2 fully saturated rings. The average molecular weight is 376 g/mol. The van der Waals surface area contributed by atoms with Gasteiger partial charge in [0.05, 0.1) is 12.0 Å². The van der Waals surface area contributed by atoms with Crippen LogP contribution in [0.4, 0.5) is 0 Å². The van der Waals surface area contributed by atoms with Crippen LogP contribution in [0.2, 0.25) is 0 Å². The van der Waals surface area contributed by atoms with Crippen LogP contribution in [0.1, 0.15) is 23.3 Å². The molecule has 0 spiro atoms. The summed E-state index contributed by atoms with van der Waals surface area (Å²) in [6.45, 7) is 3.77. The first-order valence-electron chi connectivity index (χ1n) is 9.99. The molecule has 5 rings (SSSR count). The van der Waals surface area contributed by atoms with Crippen molar-refractivity contribution in [3.8, 4) is 17.1 Å². The number of para-hydroxylation sites is 1. The molecule has 0 saturated carbocycles. The van der Waals surface area contributed by atoms with Gasteiger partial charge in [0.1, 0.15) is 11.4 Å². The molecular weight excluding hydrogens is 352 g/mol. The topological polar surface area (TPSA) is 63.3 Å². The van der Waals surface area contributed by atoms with Crippen molar-refractivity contribution in [1.29, 1.82) is 0 Å². The van der Waals surface area contributed by atoms with Gasteiger partial charge in [-0.05, 0) is 62.0 Å². The Balaban J connectivity index is 1.48. The van der Waals surface area contributed by atoms with Gasteiger partial charge in [-0.3, -0.25) is 4.79 Å². The molecule has 1 amide bonds. The van der Waals surface area contributed by atoms with Crippen LogP contribution < -0.4 is 5.32 Å². The lowest BCUT2D eigenvalue weighted by Crippen LogP contribution is -2.34. The summed E-state index contributed by atoms with van der Waals surface area (Å²) in [5.74, 6) is 2.09. The minimum atomic E-state index is 0.0436. The number of fused-ring (bicyclic) bond motifs is 1. The lowest BCUT2D eigenvalue weighted by molar-refractivity contribution is 0.0749. The third-order valence-corrected chi connectivity index (χ3v) is 6.01. The van der Waals surface area contributed by atoms with E-state index in [1.165, 1.54) is 0 Å². The number of benzene rings is 1. The number of carbonyl (C=O) groups excluding carboxylic acids is 1. The molecule has 1 N–H and O–H groups in total. The van der Waals surface area contributed by atoms with E-state index in [4.69, 9.17) is 4.42 Å². The third kappa shape index (κ3) is 3.14. The minimum absolute atomic E-state index is 0.0436. The van der Waals surface area contributed by atoms with Gasteiger partial charge in [-0.2, -0.15) is 5.10 Å². The maximum Gasteiger partial charge on any atom is 0.272 e. The second kappa shape index (κ2) is 7.28. The SMILES string of the molecule is O=C(c1cc(-c2ccco2)nn1-c1ccccc1)N1CC[C@@H]2CNC[C@@H]2CC1. The molecule has 0 bridgehead atoms.